The van der Waals surface area contributed by atoms with Gasteiger partial charge in [0.05, 0.1) is 32.5 Å². The van der Waals surface area contributed by atoms with Gasteiger partial charge < -0.3 is 4.74 Å². The van der Waals surface area contributed by atoms with Crippen LogP contribution in [0.1, 0.15) is 59.8 Å². The molecule has 0 radical (unpaired) electrons. The summed E-state index contributed by atoms with van der Waals surface area (Å²) in [4.78, 5) is 14.0. The Morgan fingerprint density at radius 3 is 2.31 bits per heavy atom. The molecule has 1 aliphatic carbocycles. The first kappa shape index (κ1) is 30.1. The van der Waals surface area contributed by atoms with Gasteiger partial charge in [-0.2, -0.15) is 4.31 Å². The van der Waals surface area contributed by atoms with Gasteiger partial charge in [-0.1, -0.05) is 49.5 Å². The summed E-state index contributed by atoms with van der Waals surface area (Å²) in [5, 5.41) is 1.53. The Labute approximate surface area is 217 Å². The number of hydrogen-bond acceptors (Lipinski definition) is 6. The summed E-state index contributed by atoms with van der Waals surface area (Å²) in [7, 11) is -5.43. The molecule has 0 bridgehead atoms. The Kier molecular flexibility index (Phi) is 10.8. The van der Waals surface area contributed by atoms with Crippen LogP contribution in [0.4, 0.5) is 0 Å². The molecule has 7 nitrogen and oxygen atoms in total. The maximum atomic E-state index is 13.8. The zero-order chi connectivity index (χ0) is 27.0. The zero-order valence-corrected chi connectivity index (χ0v) is 23.7. The number of rotatable bonds is 10. The van der Waals surface area contributed by atoms with Crippen molar-refractivity contribution in [3.63, 3.8) is 0 Å². The van der Waals surface area contributed by atoms with Gasteiger partial charge in [0.2, 0.25) is 10.0 Å². The first-order valence-electron chi connectivity index (χ1n) is 12.4. The third-order valence-electron chi connectivity index (χ3n) is 6.56. The Balaban J connectivity index is 2.73. The van der Waals surface area contributed by atoms with Crippen molar-refractivity contribution < 1.29 is 22.2 Å². The van der Waals surface area contributed by atoms with Crippen LogP contribution >= 0.6 is 0 Å². The van der Waals surface area contributed by atoms with Crippen LogP contribution in [0.5, 0.6) is 0 Å². The minimum absolute atomic E-state index is 0.00358. The van der Waals surface area contributed by atoms with Crippen LogP contribution in [0, 0.1) is 24.2 Å². The van der Waals surface area contributed by atoms with Gasteiger partial charge in [-0.3, -0.25) is 4.79 Å². The van der Waals surface area contributed by atoms with Crippen LogP contribution < -0.4 is 0 Å². The number of terminal acetylenes is 1. The maximum Gasteiger partial charge on any atom is 0.325 e. The second-order valence-electron chi connectivity index (χ2n) is 9.93. The minimum atomic E-state index is -4.00. The van der Waals surface area contributed by atoms with E-state index in [0.29, 0.717) is 4.90 Å². The van der Waals surface area contributed by atoms with E-state index in [1.54, 1.807) is 58.0 Å². The molecule has 0 amide bonds. The summed E-state index contributed by atoms with van der Waals surface area (Å²) < 4.78 is 50.7. The first-order chi connectivity index (χ1) is 16.9. The molecule has 2 rings (SSSR count). The molecule has 1 aliphatic rings. The van der Waals surface area contributed by atoms with Crippen LogP contribution in [-0.2, 0) is 29.3 Å². The molecule has 36 heavy (non-hydrogen) atoms. The summed E-state index contributed by atoms with van der Waals surface area (Å²) in [6, 6.07) is 7.72. The van der Waals surface area contributed by atoms with Gasteiger partial charge in [-0.05, 0) is 58.6 Å². The van der Waals surface area contributed by atoms with Crippen molar-refractivity contribution in [2.24, 2.45) is 16.2 Å². The molecule has 0 saturated heterocycles. The second kappa shape index (κ2) is 12.9. The van der Waals surface area contributed by atoms with E-state index in [9.17, 15) is 17.4 Å². The SMILES string of the molecule is C#CCN([C@H](C(=O)OCC)[C@@H](/C=C/S(=O)(=NC)c1ccccc1)C1CCCCC1)S(=O)(=O)C(C)(C)C. The van der Waals surface area contributed by atoms with E-state index in [-0.39, 0.29) is 19.1 Å². The number of hydrogen-bond donors (Lipinski definition) is 0. The van der Waals surface area contributed by atoms with Crippen LogP contribution in [0.15, 0.2) is 51.1 Å². The highest BCUT2D eigenvalue weighted by Gasteiger charge is 2.47. The van der Waals surface area contributed by atoms with E-state index in [0.717, 1.165) is 36.4 Å². The van der Waals surface area contributed by atoms with Crippen molar-refractivity contribution in [1.29, 1.82) is 0 Å². The number of benzene rings is 1. The average Bonchev–Trinajstić information content (AvgIpc) is 2.85. The number of esters is 1. The number of nitrogens with zero attached hydrogens (tertiary/aromatic N) is 2. The Morgan fingerprint density at radius 1 is 1.19 bits per heavy atom. The molecule has 1 saturated carbocycles. The number of ether oxygens (including phenoxy) is 1. The highest BCUT2D eigenvalue weighted by molar-refractivity contribution is 7.96. The van der Waals surface area contributed by atoms with Crippen LogP contribution in [0.2, 0.25) is 0 Å². The quantitative estimate of drug-likeness (QED) is 0.315. The van der Waals surface area contributed by atoms with Crippen molar-refractivity contribution in [3.05, 3.63) is 41.8 Å². The number of sulfonamides is 1. The Bertz CT molecular complexity index is 1160. The Hall–Kier alpha value is -2.15. The number of carbonyl (C=O) groups excluding carboxylic acids is 1. The van der Waals surface area contributed by atoms with Gasteiger partial charge in [-0.15, -0.1) is 6.42 Å². The van der Waals surface area contributed by atoms with E-state index < -0.39 is 42.4 Å². The predicted molar refractivity (Wildman–Crippen MR) is 145 cm³/mol. The Morgan fingerprint density at radius 2 is 1.81 bits per heavy atom. The molecule has 0 N–H and O–H groups in total. The van der Waals surface area contributed by atoms with Gasteiger partial charge in [0.15, 0.2) is 0 Å². The molecule has 0 spiro atoms. The van der Waals surface area contributed by atoms with Crippen LogP contribution in [-0.4, -0.2) is 53.9 Å². The smallest absolute Gasteiger partial charge is 0.325 e. The highest BCUT2D eigenvalue weighted by atomic mass is 32.2. The molecule has 1 aromatic rings. The van der Waals surface area contributed by atoms with Crippen molar-refractivity contribution in [2.75, 3.05) is 20.2 Å². The maximum absolute atomic E-state index is 13.8. The summed E-state index contributed by atoms with van der Waals surface area (Å²) in [5.74, 6) is 1.19. The average molecular weight is 537 g/mol. The standard InChI is InChI=1S/C27H40N2O5S2/c1-7-20-29(36(32,33)27(3,4)5)25(26(30)34-8-2)24(22-15-11-9-12-16-22)19-21-35(31,28-6)23-17-13-10-14-18-23/h1,10,13-14,17-19,21-22,24-25H,8-9,11-12,15-16,20H2,2-6H3/b21-19+/t24-,25-,35?/m0/s1. The topological polar surface area (TPSA) is 93.1 Å². The van der Waals surface area contributed by atoms with Crippen molar-refractivity contribution in [1.82, 2.24) is 4.31 Å². The monoisotopic (exact) mass is 536 g/mol. The van der Waals surface area contributed by atoms with E-state index in [1.165, 1.54) is 12.5 Å². The molecule has 1 unspecified atom stereocenters. The first-order valence-corrected chi connectivity index (χ1v) is 15.4. The fourth-order valence-corrected chi connectivity index (χ4v) is 7.47. The second-order valence-corrected chi connectivity index (χ2v) is 14.8. The van der Waals surface area contributed by atoms with Crippen molar-refractivity contribution in [2.45, 2.75) is 75.5 Å². The molecule has 3 atom stereocenters. The number of carbonyl (C=O) groups is 1. The van der Waals surface area contributed by atoms with E-state index in [4.69, 9.17) is 11.2 Å². The fourth-order valence-electron chi connectivity index (χ4n) is 4.57. The molecule has 0 heterocycles. The lowest BCUT2D eigenvalue weighted by Crippen LogP contribution is -2.55. The lowest BCUT2D eigenvalue weighted by atomic mass is 9.76. The molecule has 1 aromatic carbocycles. The summed E-state index contributed by atoms with van der Waals surface area (Å²) in [6.45, 7) is 6.25. The third-order valence-corrected chi connectivity index (χ3v) is 11.1. The third kappa shape index (κ3) is 6.99. The summed E-state index contributed by atoms with van der Waals surface area (Å²) in [6.07, 6.45) is 12.0. The molecule has 0 aliphatic heterocycles. The van der Waals surface area contributed by atoms with E-state index >= 15 is 0 Å². The van der Waals surface area contributed by atoms with Crippen LogP contribution in [0.3, 0.4) is 0 Å². The van der Waals surface area contributed by atoms with Gasteiger partial charge in [0.25, 0.3) is 0 Å². The molecular weight excluding hydrogens is 496 g/mol. The minimum Gasteiger partial charge on any atom is -0.465 e. The molecule has 0 aromatic heterocycles. The zero-order valence-electron chi connectivity index (χ0n) is 22.1. The van der Waals surface area contributed by atoms with Crippen molar-refractivity contribution in [3.8, 4) is 12.3 Å². The van der Waals surface area contributed by atoms with E-state index in [2.05, 4.69) is 10.3 Å². The lowest BCUT2D eigenvalue weighted by molar-refractivity contribution is -0.149. The van der Waals surface area contributed by atoms with Gasteiger partial charge in [-0.25, -0.2) is 17.0 Å². The largest absolute Gasteiger partial charge is 0.465 e. The highest BCUT2D eigenvalue weighted by Crippen LogP contribution is 2.37. The summed E-state index contributed by atoms with van der Waals surface area (Å²) >= 11 is 0. The van der Waals surface area contributed by atoms with E-state index in [1.807, 2.05) is 6.07 Å². The normalized spacial score (nSPS) is 18.8. The van der Waals surface area contributed by atoms with Crippen molar-refractivity contribution >= 4 is 25.7 Å². The fraction of sp³-hybridized carbons (Fsp3) is 0.593. The molecular formula is C27H40N2O5S2. The van der Waals surface area contributed by atoms with Gasteiger partial charge >= 0.3 is 5.97 Å². The van der Waals surface area contributed by atoms with Gasteiger partial charge in [0.1, 0.15) is 6.04 Å². The van der Waals surface area contributed by atoms with Gasteiger partial charge in [0, 0.05) is 18.4 Å². The molecule has 9 heteroatoms. The summed E-state index contributed by atoms with van der Waals surface area (Å²) in [5.41, 5.74) is 0. The molecule has 1 fully saturated rings. The molecule has 200 valence electrons. The van der Waals surface area contributed by atoms with Crippen LogP contribution in [0.25, 0.3) is 0 Å². The lowest BCUT2D eigenvalue weighted by Gasteiger charge is -2.40. The predicted octanol–water partition coefficient (Wildman–Crippen LogP) is 4.85.